The third-order valence-electron chi connectivity index (χ3n) is 12.2. The van der Waals surface area contributed by atoms with E-state index in [1.165, 1.54) is 109 Å². The van der Waals surface area contributed by atoms with Crippen molar-refractivity contribution in [3.05, 3.63) is 176 Å². The number of nitriles is 12. The molecule has 0 N–H and O–H groups in total. The van der Waals surface area contributed by atoms with Gasteiger partial charge >= 0.3 is 0 Å². The molecule has 0 aliphatic rings. The van der Waals surface area contributed by atoms with Gasteiger partial charge in [-0.2, -0.15) is 63.1 Å². The van der Waals surface area contributed by atoms with Crippen LogP contribution in [0.3, 0.4) is 0 Å². The normalized spacial score (nSPS) is 10.2. The number of fused-ring (bicyclic) bond motifs is 6. The van der Waals surface area contributed by atoms with Crippen molar-refractivity contribution >= 4 is 32.7 Å². The first kappa shape index (κ1) is 48.1. The summed E-state index contributed by atoms with van der Waals surface area (Å²) in [6.45, 7) is 0. The van der Waals surface area contributed by atoms with Gasteiger partial charge in [-0.05, 0) is 109 Å². The van der Waals surface area contributed by atoms with Crippen LogP contribution >= 0.6 is 0 Å². The van der Waals surface area contributed by atoms with Crippen LogP contribution in [0.15, 0.2) is 109 Å². The van der Waals surface area contributed by atoms with Gasteiger partial charge in [0.2, 0.25) is 0 Å². The smallest absolute Gasteiger partial charge is 0.160 e. The highest BCUT2D eigenvalue weighted by molar-refractivity contribution is 6.30. The van der Waals surface area contributed by atoms with Gasteiger partial charge in [0.1, 0.15) is 0 Å². The third-order valence-corrected chi connectivity index (χ3v) is 12.2. The molecule has 18 heteroatoms. The molecule has 0 amide bonds. The zero-order valence-corrected chi connectivity index (χ0v) is 39.4. The van der Waals surface area contributed by atoms with Crippen LogP contribution < -0.4 is 0 Å². The van der Waals surface area contributed by atoms with E-state index in [0.717, 1.165) is 0 Å². The molecule has 3 aromatic heterocycles. The average Bonchev–Trinajstić information content (AvgIpc) is 3.54. The topological polar surface area (TPSA) is 363 Å². The maximum Gasteiger partial charge on any atom is 0.160 e. The van der Waals surface area contributed by atoms with Crippen LogP contribution in [0.2, 0.25) is 0 Å². The number of benzene rings is 7. The Morgan fingerprint density at radius 1 is 0.192 bits per heavy atom. The molecule has 0 radical (unpaired) electrons. The van der Waals surface area contributed by atoms with Crippen LogP contribution in [0.5, 0.6) is 0 Å². The summed E-state index contributed by atoms with van der Waals surface area (Å²) in [5, 5.41) is 123. The van der Waals surface area contributed by atoms with Crippen molar-refractivity contribution < 1.29 is 0 Å². The summed E-state index contributed by atoms with van der Waals surface area (Å²) in [7, 11) is 0. The molecule has 18 nitrogen and oxygen atoms in total. The Labute approximate surface area is 440 Å². The molecule has 0 aliphatic carbocycles. The minimum Gasteiger partial charge on any atom is -0.227 e. The maximum atomic E-state index is 10.4. The molecule has 0 fully saturated rings. The van der Waals surface area contributed by atoms with Crippen molar-refractivity contribution in [2.24, 2.45) is 0 Å². The van der Waals surface area contributed by atoms with Gasteiger partial charge in [0.25, 0.3) is 0 Å². The van der Waals surface area contributed by atoms with Gasteiger partial charge in [-0.3, -0.25) is 0 Å². The fraction of sp³-hybridized carbons (Fsp3) is 0. The molecular weight excluding hydrogens is 973 g/mol. The molecule has 0 bridgehead atoms. The molecule has 0 aliphatic heterocycles. The maximum absolute atomic E-state index is 10.4. The molecular formula is C60H18N18. The molecule has 0 saturated carbocycles. The van der Waals surface area contributed by atoms with Crippen molar-refractivity contribution in [1.82, 2.24) is 29.9 Å². The van der Waals surface area contributed by atoms with E-state index in [-0.39, 0.29) is 167 Å². The number of aromatic nitrogens is 6. The first-order valence-electron chi connectivity index (χ1n) is 22.5. The van der Waals surface area contributed by atoms with Gasteiger partial charge in [0.05, 0.1) is 189 Å². The minimum absolute atomic E-state index is 0.00199. The fourth-order valence-electron chi connectivity index (χ4n) is 8.95. The highest BCUT2D eigenvalue weighted by Crippen LogP contribution is 2.46. The van der Waals surface area contributed by atoms with Gasteiger partial charge in [-0.25, -0.2) is 29.9 Å². The second-order valence-electron chi connectivity index (χ2n) is 17.0. The molecule has 0 unspecified atom stereocenters. The first-order chi connectivity index (χ1) is 38.0. The van der Waals surface area contributed by atoms with Gasteiger partial charge < -0.3 is 0 Å². The lowest BCUT2D eigenvalue weighted by Crippen LogP contribution is -2.05. The highest BCUT2D eigenvalue weighted by Gasteiger charge is 2.29. The van der Waals surface area contributed by atoms with E-state index < -0.39 is 0 Å². The summed E-state index contributed by atoms with van der Waals surface area (Å²) >= 11 is 0. The largest absolute Gasteiger partial charge is 0.227 e. The summed E-state index contributed by atoms with van der Waals surface area (Å²) in [4.78, 5) is 30.9. The molecule has 348 valence electrons. The number of hydrogen-bond donors (Lipinski definition) is 0. The lowest BCUT2D eigenvalue weighted by atomic mass is 9.92. The van der Waals surface area contributed by atoms with E-state index in [0.29, 0.717) is 0 Å². The Morgan fingerprint density at radius 3 is 0.500 bits per heavy atom. The van der Waals surface area contributed by atoms with Crippen molar-refractivity contribution in [2.45, 2.75) is 0 Å². The summed E-state index contributed by atoms with van der Waals surface area (Å²) < 4.78 is 0. The molecule has 7 aromatic carbocycles. The standard InChI is InChI=1S/C60H18N18/c61-19-31-1-32(20-62)8-43(7-31)52-49-55(76-58(73-52)46-13-37(25-67)4-38(14-46)26-68)50-53(44-9-33(21-63)2-34(10-44)22-64)75-60(48-17-41(29-71)6-42(18-48)30-72)78-57(50)51-54(45-11-35(23-65)3-36(12-45)24-66)74-59(77-56(49)51)47-15-39(27-69)5-40(16-47)28-70/h1-18H. The van der Waals surface area contributed by atoms with E-state index in [4.69, 9.17) is 29.9 Å². The second-order valence-corrected chi connectivity index (χ2v) is 17.0. The lowest BCUT2D eigenvalue weighted by Gasteiger charge is -2.19. The molecule has 0 saturated heterocycles. The molecule has 0 atom stereocenters. The van der Waals surface area contributed by atoms with Crippen LogP contribution in [0.25, 0.3) is 101 Å². The van der Waals surface area contributed by atoms with E-state index in [9.17, 15) is 63.1 Å². The fourth-order valence-corrected chi connectivity index (χ4v) is 8.95. The summed E-state index contributed by atoms with van der Waals surface area (Å²) in [6, 6.07) is 50.5. The monoisotopic (exact) mass is 990 g/mol. The average molecular weight is 991 g/mol. The minimum atomic E-state index is -0.109. The van der Waals surface area contributed by atoms with Crippen LogP contribution in [0, 0.1) is 136 Å². The number of hydrogen-bond acceptors (Lipinski definition) is 18. The van der Waals surface area contributed by atoms with Crippen molar-refractivity contribution in [3.8, 4) is 141 Å². The Kier molecular flexibility index (Phi) is 12.1. The highest BCUT2D eigenvalue weighted by atomic mass is 15.0. The predicted octanol–water partition coefficient (Wildman–Crippen LogP) is 9.98. The number of nitrogens with zero attached hydrogens (tertiary/aromatic N) is 18. The summed E-state index contributed by atoms with van der Waals surface area (Å²) in [5.74, 6) is -0.328. The van der Waals surface area contributed by atoms with Crippen LogP contribution in [-0.2, 0) is 0 Å². The molecule has 10 rings (SSSR count). The van der Waals surface area contributed by atoms with E-state index in [1.54, 1.807) is 0 Å². The zero-order chi connectivity index (χ0) is 54.8. The van der Waals surface area contributed by atoms with Gasteiger partial charge in [-0.1, -0.05) is 0 Å². The van der Waals surface area contributed by atoms with E-state index in [1.807, 2.05) is 0 Å². The lowest BCUT2D eigenvalue weighted by molar-refractivity contribution is 1.20. The second kappa shape index (κ2) is 19.6. The summed E-state index contributed by atoms with van der Waals surface area (Å²) in [6.07, 6.45) is 0. The van der Waals surface area contributed by atoms with Gasteiger partial charge in [0, 0.05) is 33.4 Å². The Morgan fingerprint density at radius 2 is 0.346 bits per heavy atom. The third kappa shape index (κ3) is 8.51. The van der Waals surface area contributed by atoms with E-state index in [2.05, 4.69) is 72.8 Å². The number of rotatable bonds is 6. The van der Waals surface area contributed by atoms with Crippen molar-refractivity contribution in [2.75, 3.05) is 0 Å². The van der Waals surface area contributed by atoms with Crippen LogP contribution in [0.4, 0.5) is 0 Å². The molecule has 0 spiro atoms. The summed E-state index contributed by atoms with van der Waals surface area (Å²) in [5.41, 5.74) is 1.48. The SMILES string of the molecule is N#Cc1cc(C#N)cc(-c2nc(-c3cc(C#N)cc(C#N)c3)c3c(n2)c2c(-c4cc(C#N)cc(C#N)c4)nc(-c4cc(C#N)cc(C#N)c4)nc2c2c(-c4cc(C#N)cc(C#N)c4)nc(-c4cc(C#N)cc(C#N)c4)nc32)c1. The Bertz CT molecular complexity index is 4250. The Hall–Kier alpha value is -13.6. The van der Waals surface area contributed by atoms with Gasteiger partial charge in [-0.15, -0.1) is 0 Å². The molecule has 3 heterocycles. The van der Waals surface area contributed by atoms with Crippen molar-refractivity contribution in [3.63, 3.8) is 0 Å². The van der Waals surface area contributed by atoms with E-state index >= 15 is 0 Å². The van der Waals surface area contributed by atoms with Crippen LogP contribution in [0.1, 0.15) is 66.8 Å². The predicted molar refractivity (Wildman–Crippen MR) is 275 cm³/mol. The first-order valence-corrected chi connectivity index (χ1v) is 22.5. The van der Waals surface area contributed by atoms with Gasteiger partial charge in [0.15, 0.2) is 17.5 Å². The molecule has 78 heavy (non-hydrogen) atoms. The Balaban J connectivity index is 1.59. The van der Waals surface area contributed by atoms with Crippen LogP contribution in [-0.4, -0.2) is 29.9 Å². The quantitative estimate of drug-likeness (QED) is 0.140. The molecule has 10 aromatic rings. The zero-order valence-electron chi connectivity index (χ0n) is 39.4. The van der Waals surface area contributed by atoms with Crippen molar-refractivity contribution in [1.29, 1.82) is 63.1 Å².